The molecule has 0 aliphatic carbocycles. The number of hydrogen-bond donors (Lipinski definition) is 0. The van der Waals surface area contributed by atoms with E-state index in [1.165, 1.54) is 18.5 Å². The Hall–Kier alpha value is -3.87. The number of nitrogens with zero attached hydrogens (tertiary/aromatic N) is 4. The van der Waals surface area contributed by atoms with Gasteiger partial charge in [-0.1, -0.05) is 30.3 Å². The van der Waals surface area contributed by atoms with Crippen LogP contribution in [0.1, 0.15) is 0 Å². The fourth-order valence-electron chi connectivity index (χ4n) is 3.13. The van der Waals surface area contributed by atoms with Crippen LogP contribution >= 0.6 is 0 Å². The van der Waals surface area contributed by atoms with Crippen LogP contribution in [0.3, 0.4) is 0 Å². The highest BCUT2D eigenvalue weighted by Crippen LogP contribution is 2.33. The van der Waals surface area contributed by atoms with Crippen molar-refractivity contribution >= 4 is 5.65 Å². The fourth-order valence-corrected chi connectivity index (χ4v) is 3.13. The fraction of sp³-hybridized carbons (Fsp3) is 0. The van der Waals surface area contributed by atoms with Crippen molar-refractivity contribution in [2.45, 2.75) is 0 Å². The van der Waals surface area contributed by atoms with Crippen molar-refractivity contribution in [1.29, 1.82) is 0 Å². The third-order valence-electron chi connectivity index (χ3n) is 4.45. The summed E-state index contributed by atoms with van der Waals surface area (Å²) in [5, 5.41) is 8.44. The normalized spacial score (nSPS) is 11.2. The number of hydrogen-bond acceptors (Lipinski definition) is 4. The first kappa shape index (κ1) is 16.3. The van der Waals surface area contributed by atoms with Crippen LogP contribution in [0, 0.1) is 11.6 Å². The maximum absolute atomic E-state index is 14.3. The largest absolute Gasteiger partial charge is 0.443 e. The minimum Gasteiger partial charge on any atom is -0.443 e. The van der Waals surface area contributed by atoms with Gasteiger partial charge in [0.05, 0.1) is 0 Å². The zero-order valence-corrected chi connectivity index (χ0v) is 14.4. The Morgan fingerprint density at radius 1 is 0.857 bits per heavy atom. The van der Waals surface area contributed by atoms with E-state index < -0.39 is 11.6 Å². The molecule has 0 N–H and O–H groups in total. The van der Waals surface area contributed by atoms with Gasteiger partial charge in [0.15, 0.2) is 23.6 Å². The van der Waals surface area contributed by atoms with Crippen molar-refractivity contribution in [3.63, 3.8) is 0 Å². The quantitative estimate of drug-likeness (QED) is 0.446. The molecule has 0 aliphatic heterocycles. The molecule has 0 fully saturated rings. The molecular weight excluding hydrogens is 362 g/mol. The molecule has 28 heavy (non-hydrogen) atoms. The lowest BCUT2D eigenvalue weighted by molar-refractivity contribution is 0.571. The molecule has 3 aromatic heterocycles. The molecule has 0 atom stereocenters. The van der Waals surface area contributed by atoms with Crippen LogP contribution in [-0.2, 0) is 0 Å². The number of oxazole rings is 1. The summed E-state index contributed by atoms with van der Waals surface area (Å²) in [6.07, 6.45) is 3.05. The molecule has 3 heterocycles. The van der Waals surface area contributed by atoms with Crippen molar-refractivity contribution in [3.8, 4) is 34.0 Å². The average Bonchev–Trinajstić information content (AvgIpc) is 3.35. The summed E-state index contributed by atoms with van der Waals surface area (Å²) in [7, 11) is 0. The number of halogens is 2. The highest BCUT2D eigenvalue weighted by atomic mass is 19.1. The lowest BCUT2D eigenvalue weighted by Crippen LogP contribution is -1.92. The Bertz CT molecular complexity index is 1290. The van der Waals surface area contributed by atoms with Gasteiger partial charge in [-0.25, -0.2) is 13.8 Å². The molecule has 0 saturated heterocycles. The predicted octanol–water partition coefficient (Wildman–Crippen LogP) is 5.00. The lowest BCUT2D eigenvalue weighted by atomic mass is 10.1. The van der Waals surface area contributed by atoms with E-state index in [4.69, 9.17) is 4.42 Å². The van der Waals surface area contributed by atoms with E-state index in [0.717, 1.165) is 11.6 Å². The molecule has 136 valence electrons. The van der Waals surface area contributed by atoms with Crippen molar-refractivity contribution in [2.75, 3.05) is 0 Å². The topological polar surface area (TPSA) is 56.2 Å². The van der Waals surface area contributed by atoms with Crippen LogP contribution < -0.4 is 0 Å². The van der Waals surface area contributed by atoms with Crippen LogP contribution in [-0.4, -0.2) is 19.6 Å². The summed E-state index contributed by atoms with van der Waals surface area (Å²) in [4.78, 5) is 4.13. The zero-order valence-electron chi connectivity index (χ0n) is 14.4. The summed E-state index contributed by atoms with van der Waals surface area (Å²) in [6, 6.07) is 16.6. The van der Waals surface area contributed by atoms with Gasteiger partial charge in [-0.2, -0.15) is 0 Å². The smallest absolute Gasteiger partial charge is 0.182 e. The van der Waals surface area contributed by atoms with Crippen LogP contribution in [0.15, 0.2) is 77.7 Å². The van der Waals surface area contributed by atoms with E-state index >= 15 is 0 Å². The maximum Gasteiger partial charge on any atom is 0.182 e. The van der Waals surface area contributed by atoms with E-state index in [2.05, 4.69) is 15.2 Å². The first-order valence-corrected chi connectivity index (χ1v) is 8.50. The maximum atomic E-state index is 14.3. The molecular formula is C21H12F2N4O. The summed E-state index contributed by atoms with van der Waals surface area (Å²) < 4.78 is 34.9. The molecule has 5 rings (SSSR count). The van der Waals surface area contributed by atoms with E-state index in [1.54, 1.807) is 12.1 Å². The summed E-state index contributed by atoms with van der Waals surface area (Å²) in [6.45, 7) is 0. The van der Waals surface area contributed by atoms with Gasteiger partial charge in [-0.05, 0) is 24.3 Å². The van der Waals surface area contributed by atoms with Crippen LogP contribution in [0.2, 0.25) is 0 Å². The predicted molar refractivity (Wildman–Crippen MR) is 99.3 cm³/mol. The highest BCUT2D eigenvalue weighted by molar-refractivity contribution is 5.77. The van der Waals surface area contributed by atoms with Crippen molar-refractivity contribution in [1.82, 2.24) is 19.6 Å². The van der Waals surface area contributed by atoms with E-state index in [9.17, 15) is 8.78 Å². The molecule has 0 spiro atoms. The van der Waals surface area contributed by atoms with Gasteiger partial charge in [-0.15, -0.1) is 10.2 Å². The van der Waals surface area contributed by atoms with E-state index in [-0.39, 0.29) is 5.56 Å². The Labute approximate surface area is 157 Å². The Kier molecular flexibility index (Phi) is 3.72. The molecule has 2 aromatic carbocycles. The molecule has 7 heteroatoms. The van der Waals surface area contributed by atoms with Gasteiger partial charge in [-0.3, -0.25) is 4.40 Å². The second-order valence-electron chi connectivity index (χ2n) is 6.19. The van der Waals surface area contributed by atoms with Crippen LogP contribution in [0.4, 0.5) is 8.78 Å². The summed E-state index contributed by atoms with van der Waals surface area (Å²) in [5.74, 6) is -0.304. The minimum absolute atomic E-state index is 0.164. The van der Waals surface area contributed by atoms with Gasteiger partial charge in [0.25, 0.3) is 0 Å². The van der Waals surface area contributed by atoms with Crippen molar-refractivity contribution < 1.29 is 13.2 Å². The number of aromatic nitrogens is 4. The minimum atomic E-state index is -0.703. The Balaban J connectivity index is 1.66. The third-order valence-corrected chi connectivity index (χ3v) is 4.45. The van der Waals surface area contributed by atoms with Crippen molar-refractivity contribution in [3.05, 3.63) is 84.9 Å². The molecule has 5 nitrogen and oxygen atoms in total. The van der Waals surface area contributed by atoms with Gasteiger partial charge >= 0.3 is 0 Å². The molecule has 0 amide bonds. The lowest BCUT2D eigenvalue weighted by Gasteiger charge is -2.05. The monoisotopic (exact) mass is 374 g/mol. The van der Waals surface area contributed by atoms with Gasteiger partial charge in [0, 0.05) is 29.0 Å². The van der Waals surface area contributed by atoms with Crippen LogP contribution in [0.5, 0.6) is 0 Å². The molecule has 0 saturated carbocycles. The molecule has 0 unspecified atom stereocenters. The van der Waals surface area contributed by atoms with E-state index in [1.807, 2.05) is 40.9 Å². The van der Waals surface area contributed by atoms with Gasteiger partial charge in [0.1, 0.15) is 17.3 Å². The highest BCUT2D eigenvalue weighted by Gasteiger charge is 2.18. The van der Waals surface area contributed by atoms with Gasteiger partial charge < -0.3 is 4.42 Å². The summed E-state index contributed by atoms with van der Waals surface area (Å²) in [5.41, 5.74) is 2.70. The Morgan fingerprint density at radius 2 is 1.71 bits per heavy atom. The number of pyridine rings is 1. The second-order valence-corrected chi connectivity index (χ2v) is 6.19. The number of fused-ring (bicyclic) bond motifs is 1. The number of benzene rings is 2. The molecule has 0 bridgehead atoms. The molecule has 0 radical (unpaired) electrons. The average molecular weight is 374 g/mol. The first-order chi connectivity index (χ1) is 13.7. The van der Waals surface area contributed by atoms with E-state index in [0.29, 0.717) is 28.5 Å². The standard InChI is InChI=1S/C21H12F2N4O/c22-15-7-8-16(17(23)10-15)19-20(28-12-24-19)14-6-9-18-25-26-21(27(18)11-14)13-4-2-1-3-5-13/h1-12H. The molecule has 0 aliphatic rings. The summed E-state index contributed by atoms with van der Waals surface area (Å²) >= 11 is 0. The second kappa shape index (κ2) is 6.38. The SMILES string of the molecule is Fc1ccc(-c2ncoc2-c2ccc3nnc(-c4ccccc4)n3c2)c(F)c1. The van der Waals surface area contributed by atoms with Gasteiger partial charge in [0.2, 0.25) is 0 Å². The number of rotatable bonds is 3. The Morgan fingerprint density at radius 3 is 2.54 bits per heavy atom. The molecule has 5 aromatic rings. The van der Waals surface area contributed by atoms with Crippen LogP contribution in [0.25, 0.3) is 39.6 Å². The third kappa shape index (κ3) is 2.64. The first-order valence-electron chi connectivity index (χ1n) is 8.50. The van der Waals surface area contributed by atoms with Crippen molar-refractivity contribution in [2.24, 2.45) is 0 Å². The zero-order chi connectivity index (χ0) is 19.1.